The van der Waals surface area contributed by atoms with E-state index in [1.54, 1.807) is 0 Å². The summed E-state index contributed by atoms with van der Waals surface area (Å²) in [5.41, 5.74) is 0. The molecule has 29 heavy (non-hydrogen) atoms. The lowest BCUT2D eigenvalue weighted by molar-refractivity contribution is -0.104. The first-order chi connectivity index (χ1) is 14.2. The molecule has 0 radical (unpaired) electrons. The Morgan fingerprint density at radius 1 is 0.448 bits per heavy atom. The number of unbranched alkanes of at least 4 members (excludes halogenated alkanes) is 17. The van der Waals surface area contributed by atoms with Gasteiger partial charge in [-0.3, -0.25) is 4.90 Å². The third kappa shape index (κ3) is 18.4. The Labute approximate surface area is 183 Å². The van der Waals surface area contributed by atoms with E-state index in [0.717, 1.165) is 13.0 Å². The predicted octanol–water partition coefficient (Wildman–Crippen LogP) is 7.79. The van der Waals surface area contributed by atoms with Gasteiger partial charge in [-0.1, -0.05) is 130 Å². The zero-order chi connectivity index (χ0) is 21.6. The maximum Gasteiger partial charge on any atom is 0.109 e. The first kappa shape index (κ1) is 28.9. The van der Waals surface area contributed by atoms with Crippen LogP contribution in [0.5, 0.6) is 0 Å². The molecule has 2 atom stereocenters. The van der Waals surface area contributed by atoms with Gasteiger partial charge in [-0.25, -0.2) is 0 Å². The molecule has 0 aromatic carbocycles. The van der Waals surface area contributed by atoms with Crippen molar-refractivity contribution < 1.29 is 10.2 Å². The van der Waals surface area contributed by atoms with E-state index in [0.29, 0.717) is 12.8 Å². The quantitative estimate of drug-likeness (QED) is 0.133. The third-order valence-corrected chi connectivity index (χ3v) is 6.27. The molecule has 176 valence electrons. The molecular formula is C26H55NO2. The molecule has 0 aliphatic rings. The van der Waals surface area contributed by atoms with E-state index in [1.165, 1.54) is 109 Å². The second-order valence-corrected chi connectivity index (χ2v) is 9.03. The molecule has 0 aromatic heterocycles. The van der Waals surface area contributed by atoms with Crippen molar-refractivity contribution in [3.8, 4) is 0 Å². The zero-order valence-corrected chi connectivity index (χ0v) is 20.3. The molecule has 0 fully saturated rings. The average Bonchev–Trinajstić information content (AvgIpc) is 2.74. The van der Waals surface area contributed by atoms with Crippen molar-refractivity contribution in [2.24, 2.45) is 0 Å². The van der Waals surface area contributed by atoms with Crippen molar-refractivity contribution in [2.45, 2.75) is 162 Å². The molecule has 0 rings (SSSR count). The largest absolute Gasteiger partial charge is 0.378 e. The van der Waals surface area contributed by atoms with Gasteiger partial charge in [0.2, 0.25) is 0 Å². The minimum Gasteiger partial charge on any atom is -0.378 e. The standard InChI is InChI=1S/C26H55NO2/c1-4-7-8-9-10-11-12-13-14-15-16-17-18-19-20-21-22-23-24-27(25(28)5-2)26(29)6-3/h25-26,28-29H,4-24H2,1-3H3. The van der Waals surface area contributed by atoms with Gasteiger partial charge in [0.1, 0.15) is 12.5 Å². The number of aliphatic hydroxyl groups is 2. The molecule has 0 aromatic rings. The second kappa shape index (κ2) is 22.6. The van der Waals surface area contributed by atoms with E-state index >= 15 is 0 Å². The van der Waals surface area contributed by atoms with Crippen LogP contribution in [-0.2, 0) is 0 Å². The molecule has 0 amide bonds. The maximum atomic E-state index is 10.0. The van der Waals surface area contributed by atoms with E-state index < -0.39 is 12.5 Å². The van der Waals surface area contributed by atoms with Crippen molar-refractivity contribution >= 4 is 0 Å². The first-order valence-corrected chi connectivity index (χ1v) is 13.3. The Bertz CT molecular complexity index is 301. The molecule has 0 aliphatic heterocycles. The lowest BCUT2D eigenvalue weighted by Crippen LogP contribution is -2.43. The Morgan fingerprint density at radius 2 is 0.724 bits per heavy atom. The van der Waals surface area contributed by atoms with Crippen LogP contribution in [-0.4, -0.2) is 34.1 Å². The van der Waals surface area contributed by atoms with Crippen LogP contribution in [0, 0.1) is 0 Å². The monoisotopic (exact) mass is 413 g/mol. The molecule has 0 saturated carbocycles. The van der Waals surface area contributed by atoms with Gasteiger partial charge in [0.25, 0.3) is 0 Å². The highest BCUT2D eigenvalue weighted by Gasteiger charge is 2.19. The zero-order valence-electron chi connectivity index (χ0n) is 20.3. The van der Waals surface area contributed by atoms with Crippen LogP contribution in [0.3, 0.4) is 0 Å². The van der Waals surface area contributed by atoms with Gasteiger partial charge in [-0.15, -0.1) is 0 Å². The summed E-state index contributed by atoms with van der Waals surface area (Å²) in [6, 6.07) is 0. The fourth-order valence-electron chi connectivity index (χ4n) is 4.16. The number of hydrogen-bond donors (Lipinski definition) is 2. The minimum absolute atomic E-state index is 0.504. The molecule has 0 saturated heterocycles. The van der Waals surface area contributed by atoms with Gasteiger partial charge in [0, 0.05) is 6.54 Å². The van der Waals surface area contributed by atoms with E-state index in [1.807, 2.05) is 18.7 Å². The van der Waals surface area contributed by atoms with Crippen molar-refractivity contribution in [3.63, 3.8) is 0 Å². The fraction of sp³-hybridized carbons (Fsp3) is 1.00. The van der Waals surface area contributed by atoms with Crippen molar-refractivity contribution in [1.29, 1.82) is 0 Å². The van der Waals surface area contributed by atoms with Gasteiger partial charge in [-0.05, 0) is 19.3 Å². The minimum atomic E-state index is -0.504. The van der Waals surface area contributed by atoms with E-state index in [2.05, 4.69) is 6.92 Å². The average molecular weight is 414 g/mol. The van der Waals surface area contributed by atoms with Gasteiger partial charge in [0.05, 0.1) is 0 Å². The summed E-state index contributed by atoms with van der Waals surface area (Å²) >= 11 is 0. The summed E-state index contributed by atoms with van der Waals surface area (Å²) in [6.45, 7) is 7.03. The summed E-state index contributed by atoms with van der Waals surface area (Å²) < 4.78 is 0. The molecule has 0 heterocycles. The molecule has 3 nitrogen and oxygen atoms in total. The molecule has 2 unspecified atom stereocenters. The SMILES string of the molecule is CCCCCCCCCCCCCCCCCCCCN(C(O)CC)C(O)CC. The summed E-state index contributed by atoms with van der Waals surface area (Å²) in [5.74, 6) is 0. The van der Waals surface area contributed by atoms with Crippen LogP contribution < -0.4 is 0 Å². The Balaban J connectivity index is 3.31. The van der Waals surface area contributed by atoms with Crippen molar-refractivity contribution in [1.82, 2.24) is 4.90 Å². The van der Waals surface area contributed by atoms with Crippen LogP contribution in [0.25, 0.3) is 0 Å². The number of aliphatic hydroxyl groups excluding tert-OH is 2. The van der Waals surface area contributed by atoms with Crippen LogP contribution in [0.1, 0.15) is 149 Å². The van der Waals surface area contributed by atoms with Crippen LogP contribution in [0.4, 0.5) is 0 Å². The van der Waals surface area contributed by atoms with Gasteiger partial charge >= 0.3 is 0 Å². The van der Waals surface area contributed by atoms with E-state index in [-0.39, 0.29) is 0 Å². The van der Waals surface area contributed by atoms with Gasteiger partial charge in [-0.2, -0.15) is 0 Å². The lowest BCUT2D eigenvalue weighted by atomic mass is 10.0. The highest BCUT2D eigenvalue weighted by molar-refractivity contribution is 4.64. The van der Waals surface area contributed by atoms with Crippen LogP contribution >= 0.6 is 0 Å². The molecule has 0 spiro atoms. The number of hydrogen-bond acceptors (Lipinski definition) is 3. The topological polar surface area (TPSA) is 43.7 Å². The third-order valence-electron chi connectivity index (χ3n) is 6.27. The number of nitrogens with zero attached hydrogens (tertiary/aromatic N) is 1. The van der Waals surface area contributed by atoms with Crippen LogP contribution in [0.15, 0.2) is 0 Å². The predicted molar refractivity (Wildman–Crippen MR) is 128 cm³/mol. The summed E-state index contributed by atoms with van der Waals surface area (Å²) in [5, 5.41) is 20.1. The lowest BCUT2D eigenvalue weighted by Gasteiger charge is -2.31. The maximum absolute atomic E-state index is 10.0. The first-order valence-electron chi connectivity index (χ1n) is 13.3. The second-order valence-electron chi connectivity index (χ2n) is 9.03. The van der Waals surface area contributed by atoms with E-state index in [4.69, 9.17) is 0 Å². The Morgan fingerprint density at radius 3 is 1.00 bits per heavy atom. The van der Waals surface area contributed by atoms with Gasteiger partial charge in [0.15, 0.2) is 0 Å². The van der Waals surface area contributed by atoms with E-state index in [9.17, 15) is 10.2 Å². The molecule has 2 N–H and O–H groups in total. The summed E-state index contributed by atoms with van der Waals surface area (Å²) in [7, 11) is 0. The molecular weight excluding hydrogens is 358 g/mol. The van der Waals surface area contributed by atoms with Crippen LogP contribution in [0.2, 0.25) is 0 Å². The normalized spacial score (nSPS) is 13.9. The fourth-order valence-corrected chi connectivity index (χ4v) is 4.16. The highest BCUT2D eigenvalue weighted by Crippen LogP contribution is 2.15. The molecule has 3 heteroatoms. The molecule has 0 bridgehead atoms. The summed E-state index contributed by atoms with van der Waals surface area (Å²) in [4.78, 5) is 1.85. The smallest absolute Gasteiger partial charge is 0.109 e. The molecule has 0 aliphatic carbocycles. The van der Waals surface area contributed by atoms with Crippen molar-refractivity contribution in [3.05, 3.63) is 0 Å². The highest BCUT2D eigenvalue weighted by atomic mass is 16.3. The van der Waals surface area contributed by atoms with Gasteiger partial charge < -0.3 is 10.2 Å². The Kier molecular flexibility index (Phi) is 22.5. The summed E-state index contributed by atoms with van der Waals surface area (Å²) in [6.07, 6.45) is 25.2. The van der Waals surface area contributed by atoms with Crippen molar-refractivity contribution in [2.75, 3.05) is 6.54 Å². The number of rotatable bonds is 23. The Hall–Kier alpha value is -0.120.